The molecule has 0 radical (unpaired) electrons. The van der Waals surface area contributed by atoms with Gasteiger partial charge in [0.2, 0.25) is 0 Å². The average molecular weight is 378 g/mol. The fraction of sp³-hybridized carbons (Fsp3) is 0.619. The van der Waals surface area contributed by atoms with Crippen LogP contribution in [0.15, 0.2) is 17.3 Å². The molecule has 1 fully saturated rings. The van der Waals surface area contributed by atoms with Crippen LogP contribution in [0.1, 0.15) is 76.0 Å². The van der Waals surface area contributed by atoms with Crippen LogP contribution in [0, 0.1) is 11.3 Å². The minimum Gasteiger partial charge on any atom is -0.481 e. The number of nitrogens with zero attached hydrogens (tertiary/aromatic N) is 1. The standard InChI is InChI=1S/C21H28ClNO3/c1-12(2)13-7-8-14-17(18(13)22)15(23-26-5)11-16-20(14,3)9-6-10-21(16,4)19(24)25/h7-8,12,16H,6,9-11H2,1-5H3,(H,24,25)/t16?,20-,21-/m1/s1. The van der Waals surface area contributed by atoms with Gasteiger partial charge in [-0.2, -0.15) is 0 Å². The van der Waals surface area contributed by atoms with E-state index in [1.54, 1.807) is 0 Å². The summed E-state index contributed by atoms with van der Waals surface area (Å²) >= 11 is 6.83. The van der Waals surface area contributed by atoms with Crippen LogP contribution in [-0.2, 0) is 15.0 Å². The van der Waals surface area contributed by atoms with Crippen molar-refractivity contribution in [3.8, 4) is 0 Å². The minimum absolute atomic E-state index is 0.0383. The molecule has 0 bridgehead atoms. The summed E-state index contributed by atoms with van der Waals surface area (Å²) in [6.07, 6.45) is 3.12. The van der Waals surface area contributed by atoms with Gasteiger partial charge in [-0.05, 0) is 54.6 Å². The number of hydrogen-bond donors (Lipinski definition) is 1. The molecule has 0 saturated heterocycles. The van der Waals surface area contributed by atoms with Crippen molar-refractivity contribution in [2.24, 2.45) is 16.5 Å². The van der Waals surface area contributed by atoms with Crippen molar-refractivity contribution in [2.45, 2.75) is 64.7 Å². The van der Waals surface area contributed by atoms with Crippen molar-refractivity contribution in [1.29, 1.82) is 0 Å². The first-order valence-corrected chi connectivity index (χ1v) is 9.71. The van der Waals surface area contributed by atoms with Gasteiger partial charge in [0.1, 0.15) is 7.11 Å². The number of fused-ring (bicyclic) bond motifs is 3. The lowest BCUT2D eigenvalue weighted by molar-refractivity contribution is -0.156. The van der Waals surface area contributed by atoms with Crippen molar-refractivity contribution < 1.29 is 14.7 Å². The molecule has 4 nitrogen and oxygen atoms in total. The zero-order valence-corrected chi connectivity index (χ0v) is 17.0. The van der Waals surface area contributed by atoms with Gasteiger partial charge in [-0.3, -0.25) is 4.79 Å². The second-order valence-corrected chi connectivity index (χ2v) is 8.89. The zero-order valence-electron chi connectivity index (χ0n) is 16.2. The van der Waals surface area contributed by atoms with Crippen molar-refractivity contribution in [1.82, 2.24) is 0 Å². The maximum absolute atomic E-state index is 12.2. The van der Waals surface area contributed by atoms with Gasteiger partial charge in [-0.1, -0.05) is 56.1 Å². The van der Waals surface area contributed by atoms with Gasteiger partial charge in [0.25, 0.3) is 0 Å². The summed E-state index contributed by atoms with van der Waals surface area (Å²) in [5.41, 5.74) is 2.92. The Morgan fingerprint density at radius 3 is 2.62 bits per heavy atom. The Balaban J connectivity index is 2.28. The summed E-state index contributed by atoms with van der Waals surface area (Å²) in [6, 6.07) is 4.23. The van der Waals surface area contributed by atoms with Crippen molar-refractivity contribution in [3.63, 3.8) is 0 Å². The largest absolute Gasteiger partial charge is 0.481 e. The third-order valence-electron chi connectivity index (χ3n) is 6.72. The molecule has 0 aliphatic heterocycles. The molecule has 1 aromatic rings. The third-order valence-corrected chi connectivity index (χ3v) is 7.12. The molecular formula is C21H28ClNO3. The van der Waals surface area contributed by atoms with Crippen LogP contribution >= 0.6 is 11.6 Å². The molecule has 26 heavy (non-hydrogen) atoms. The Labute approximate surface area is 160 Å². The van der Waals surface area contributed by atoms with Crippen molar-refractivity contribution in [2.75, 3.05) is 7.11 Å². The van der Waals surface area contributed by atoms with Crippen molar-refractivity contribution >= 4 is 23.3 Å². The first-order valence-electron chi connectivity index (χ1n) is 9.33. The molecule has 2 aliphatic rings. The molecule has 142 valence electrons. The number of benzene rings is 1. The lowest BCUT2D eigenvalue weighted by Gasteiger charge is -2.53. The smallest absolute Gasteiger partial charge is 0.309 e. The lowest BCUT2D eigenvalue weighted by Crippen LogP contribution is -2.53. The molecule has 5 heteroatoms. The molecule has 3 rings (SSSR count). The highest BCUT2D eigenvalue weighted by Gasteiger charge is 2.57. The molecule has 2 aliphatic carbocycles. The predicted molar refractivity (Wildman–Crippen MR) is 104 cm³/mol. The highest BCUT2D eigenvalue weighted by molar-refractivity contribution is 6.35. The van der Waals surface area contributed by atoms with Crippen LogP contribution in [0.25, 0.3) is 0 Å². The first kappa shape index (κ1) is 19.2. The molecule has 0 amide bonds. The van der Waals surface area contributed by atoms with Gasteiger partial charge in [0.15, 0.2) is 0 Å². The number of carbonyl (C=O) groups is 1. The van der Waals surface area contributed by atoms with Crippen LogP contribution < -0.4 is 0 Å². The number of carboxylic acids is 1. The Kier molecular flexibility index (Phi) is 4.85. The van der Waals surface area contributed by atoms with E-state index in [1.165, 1.54) is 7.11 Å². The Bertz CT molecular complexity index is 773. The number of rotatable bonds is 3. The van der Waals surface area contributed by atoms with E-state index in [0.29, 0.717) is 18.8 Å². The summed E-state index contributed by atoms with van der Waals surface area (Å²) in [4.78, 5) is 17.3. The van der Waals surface area contributed by atoms with E-state index in [-0.39, 0.29) is 11.3 Å². The maximum Gasteiger partial charge on any atom is 0.309 e. The number of halogens is 1. The van der Waals surface area contributed by atoms with E-state index in [1.807, 2.05) is 6.92 Å². The van der Waals surface area contributed by atoms with E-state index >= 15 is 0 Å². The topological polar surface area (TPSA) is 58.9 Å². The molecule has 0 aromatic heterocycles. The molecule has 1 N–H and O–H groups in total. The van der Waals surface area contributed by atoms with Gasteiger partial charge in [-0.25, -0.2) is 0 Å². The molecule has 3 atom stereocenters. The maximum atomic E-state index is 12.2. The van der Waals surface area contributed by atoms with Crippen LogP contribution in [0.4, 0.5) is 0 Å². The second kappa shape index (κ2) is 6.56. The number of aliphatic carboxylic acids is 1. The highest BCUT2D eigenvalue weighted by atomic mass is 35.5. The number of hydrogen-bond acceptors (Lipinski definition) is 3. The Morgan fingerprint density at radius 1 is 1.35 bits per heavy atom. The van der Waals surface area contributed by atoms with E-state index in [4.69, 9.17) is 16.4 Å². The summed E-state index contributed by atoms with van der Waals surface area (Å²) in [7, 11) is 1.53. The predicted octanol–water partition coefficient (Wildman–Crippen LogP) is 5.37. The molecular weight excluding hydrogens is 350 g/mol. The van der Waals surface area contributed by atoms with E-state index < -0.39 is 11.4 Å². The van der Waals surface area contributed by atoms with Gasteiger partial charge < -0.3 is 9.94 Å². The van der Waals surface area contributed by atoms with Gasteiger partial charge in [-0.15, -0.1) is 0 Å². The fourth-order valence-electron chi connectivity index (χ4n) is 5.19. The van der Waals surface area contributed by atoms with Crippen molar-refractivity contribution in [3.05, 3.63) is 33.8 Å². The summed E-state index contributed by atoms with van der Waals surface area (Å²) in [6.45, 7) is 8.33. The second-order valence-electron chi connectivity index (χ2n) is 8.52. The van der Waals surface area contributed by atoms with Crippen LogP contribution in [0.5, 0.6) is 0 Å². The number of oxime groups is 1. The van der Waals surface area contributed by atoms with Gasteiger partial charge in [0.05, 0.1) is 16.1 Å². The average Bonchev–Trinajstić information content (AvgIpc) is 2.56. The molecule has 1 aromatic carbocycles. The summed E-state index contributed by atoms with van der Waals surface area (Å²) < 4.78 is 0. The SMILES string of the molecule is CON=C1CC2[C@](C)(C(=O)O)CCC[C@]2(C)c2ccc(C(C)C)c(Cl)c21. The molecule has 1 saturated carbocycles. The lowest BCUT2D eigenvalue weighted by atomic mass is 9.49. The molecule has 0 heterocycles. The third kappa shape index (κ3) is 2.65. The first-order chi connectivity index (χ1) is 12.2. The van der Waals surface area contributed by atoms with Gasteiger partial charge >= 0.3 is 5.97 Å². The molecule has 0 spiro atoms. The zero-order chi connectivity index (χ0) is 19.3. The highest BCUT2D eigenvalue weighted by Crippen LogP contribution is 2.58. The van der Waals surface area contributed by atoms with Crippen LogP contribution in [-0.4, -0.2) is 23.9 Å². The quantitative estimate of drug-likeness (QED) is 0.720. The van der Waals surface area contributed by atoms with Crippen LogP contribution in [0.2, 0.25) is 5.02 Å². The summed E-state index contributed by atoms with van der Waals surface area (Å²) in [5.74, 6) is -0.458. The monoisotopic (exact) mass is 377 g/mol. The minimum atomic E-state index is -0.775. The number of carboxylic acid groups (broad SMARTS) is 1. The Hall–Kier alpha value is -1.55. The van der Waals surface area contributed by atoms with E-state index in [9.17, 15) is 9.90 Å². The van der Waals surface area contributed by atoms with E-state index in [0.717, 1.165) is 40.3 Å². The fourth-order valence-corrected chi connectivity index (χ4v) is 5.68. The van der Waals surface area contributed by atoms with E-state index in [2.05, 4.69) is 38.1 Å². The van der Waals surface area contributed by atoms with Crippen LogP contribution in [0.3, 0.4) is 0 Å². The van der Waals surface area contributed by atoms with Gasteiger partial charge in [0, 0.05) is 5.56 Å². The molecule has 1 unspecified atom stereocenters. The summed E-state index contributed by atoms with van der Waals surface area (Å²) in [5, 5.41) is 15.0. The Morgan fingerprint density at radius 2 is 2.04 bits per heavy atom. The normalized spacial score (nSPS) is 32.3.